The van der Waals surface area contributed by atoms with Crippen LogP contribution in [0.25, 0.3) is 0 Å². The second kappa shape index (κ2) is 6.64. The molecule has 2 atom stereocenters. The summed E-state index contributed by atoms with van der Waals surface area (Å²) >= 11 is 0. The fourth-order valence-corrected chi connectivity index (χ4v) is 3.22. The van der Waals surface area contributed by atoms with Crippen LogP contribution in [0.1, 0.15) is 17.5 Å². The van der Waals surface area contributed by atoms with E-state index in [0.29, 0.717) is 26.2 Å². The molecule has 8 heteroatoms. The predicted molar refractivity (Wildman–Crippen MR) is 83.2 cm³/mol. The molecule has 2 aliphatic heterocycles. The number of ether oxygens (including phenoxy) is 1. The fraction of sp³-hybridized carbons (Fsp3) is 0.562. The van der Waals surface area contributed by atoms with Gasteiger partial charge in [0.2, 0.25) is 11.8 Å². The number of amides is 3. The topological polar surface area (TPSA) is 83.3 Å². The third-order valence-corrected chi connectivity index (χ3v) is 4.62. The fourth-order valence-electron chi connectivity index (χ4n) is 3.22. The highest BCUT2D eigenvalue weighted by Gasteiger charge is 2.47. The van der Waals surface area contributed by atoms with Crippen LogP contribution in [0.2, 0.25) is 0 Å². The number of carbonyl (C=O) groups excluding carboxylic acids is 3. The monoisotopic (exact) mass is 335 g/mol. The Morgan fingerprint density at radius 3 is 2.79 bits per heavy atom. The number of hydrogen-bond donors (Lipinski definition) is 0. The molecule has 3 amide bonds. The molecule has 24 heavy (non-hydrogen) atoms. The van der Waals surface area contributed by atoms with Gasteiger partial charge in [-0.2, -0.15) is 0 Å². The number of furan rings is 1. The second-order valence-electron chi connectivity index (χ2n) is 5.98. The van der Waals surface area contributed by atoms with Gasteiger partial charge in [0.05, 0.1) is 19.4 Å². The summed E-state index contributed by atoms with van der Waals surface area (Å²) in [6.07, 6.45) is 1.41. The number of piperazine rings is 2. The molecule has 0 unspecified atom stereocenters. The minimum atomic E-state index is -0.641. The van der Waals surface area contributed by atoms with Crippen LogP contribution < -0.4 is 0 Å². The number of carbonyl (C=O) groups is 3. The van der Waals surface area contributed by atoms with Gasteiger partial charge in [0.1, 0.15) is 12.1 Å². The van der Waals surface area contributed by atoms with Crippen molar-refractivity contribution in [2.24, 2.45) is 0 Å². The van der Waals surface area contributed by atoms with Gasteiger partial charge in [0.25, 0.3) is 5.91 Å². The first-order valence-corrected chi connectivity index (χ1v) is 7.97. The predicted octanol–water partition coefficient (Wildman–Crippen LogP) is -0.190. The van der Waals surface area contributed by atoms with E-state index in [2.05, 4.69) is 0 Å². The first-order valence-electron chi connectivity index (χ1n) is 7.97. The molecule has 0 N–H and O–H groups in total. The van der Waals surface area contributed by atoms with Crippen molar-refractivity contribution in [1.82, 2.24) is 14.7 Å². The quantitative estimate of drug-likeness (QED) is 0.762. The van der Waals surface area contributed by atoms with E-state index in [1.165, 1.54) is 11.2 Å². The Morgan fingerprint density at radius 2 is 2.12 bits per heavy atom. The molecule has 130 valence electrons. The first-order chi connectivity index (χ1) is 11.5. The van der Waals surface area contributed by atoms with Crippen LogP contribution in [0.4, 0.5) is 0 Å². The van der Waals surface area contributed by atoms with Crippen molar-refractivity contribution < 1.29 is 23.5 Å². The van der Waals surface area contributed by atoms with E-state index < -0.39 is 12.1 Å². The van der Waals surface area contributed by atoms with E-state index in [1.54, 1.807) is 36.0 Å². The van der Waals surface area contributed by atoms with E-state index in [0.717, 1.165) is 0 Å². The Kier molecular flexibility index (Phi) is 4.57. The summed E-state index contributed by atoms with van der Waals surface area (Å²) in [6.45, 7) is 3.75. The zero-order valence-electron chi connectivity index (χ0n) is 13.8. The lowest BCUT2D eigenvalue weighted by molar-refractivity contribution is -0.160. The van der Waals surface area contributed by atoms with Gasteiger partial charge in [-0.05, 0) is 19.1 Å². The molecule has 2 aliphatic rings. The maximum atomic E-state index is 12.7. The Labute approximate surface area is 139 Å². The minimum Gasteiger partial charge on any atom is -0.459 e. The van der Waals surface area contributed by atoms with E-state index in [-0.39, 0.29) is 30.0 Å². The lowest BCUT2D eigenvalue weighted by atomic mass is 10.0. The van der Waals surface area contributed by atoms with Gasteiger partial charge in [0.15, 0.2) is 5.76 Å². The van der Waals surface area contributed by atoms with Crippen molar-refractivity contribution in [2.45, 2.75) is 19.0 Å². The first kappa shape index (κ1) is 16.5. The Balaban J connectivity index is 1.79. The van der Waals surface area contributed by atoms with Crippen LogP contribution in [-0.2, 0) is 14.3 Å². The molecule has 0 aromatic carbocycles. The number of hydrogen-bond acceptors (Lipinski definition) is 5. The van der Waals surface area contributed by atoms with E-state index in [4.69, 9.17) is 9.15 Å². The van der Waals surface area contributed by atoms with Crippen molar-refractivity contribution >= 4 is 17.7 Å². The maximum absolute atomic E-state index is 12.7. The molecule has 1 aromatic rings. The van der Waals surface area contributed by atoms with Crippen LogP contribution >= 0.6 is 0 Å². The standard InChI is InChI=1S/C16H21N3O5/c1-11-14(20)18-6-5-17(7-9-23-2)15(21)12(18)10-19(11)16(22)13-4-3-8-24-13/h3-4,8,11-12H,5-7,9-10H2,1-2H3/t11-,12-/m0/s1. The van der Waals surface area contributed by atoms with Crippen molar-refractivity contribution in [2.75, 3.05) is 39.9 Å². The zero-order valence-corrected chi connectivity index (χ0v) is 13.8. The van der Waals surface area contributed by atoms with Crippen molar-refractivity contribution in [3.8, 4) is 0 Å². The third kappa shape index (κ3) is 2.77. The maximum Gasteiger partial charge on any atom is 0.290 e. The molecule has 0 saturated carbocycles. The highest BCUT2D eigenvalue weighted by Crippen LogP contribution is 2.23. The molecule has 2 fully saturated rings. The summed E-state index contributed by atoms with van der Waals surface area (Å²) in [7, 11) is 1.58. The zero-order chi connectivity index (χ0) is 17.3. The third-order valence-electron chi connectivity index (χ3n) is 4.62. The number of nitrogens with zero attached hydrogens (tertiary/aromatic N) is 3. The highest BCUT2D eigenvalue weighted by atomic mass is 16.5. The molecule has 0 aliphatic carbocycles. The lowest BCUT2D eigenvalue weighted by Crippen LogP contribution is -2.69. The Morgan fingerprint density at radius 1 is 1.33 bits per heavy atom. The highest BCUT2D eigenvalue weighted by molar-refractivity contribution is 5.99. The summed E-state index contributed by atoms with van der Waals surface area (Å²) in [6, 6.07) is 1.92. The molecule has 0 radical (unpaired) electrons. The van der Waals surface area contributed by atoms with Crippen LogP contribution in [0.5, 0.6) is 0 Å². The number of rotatable bonds is 4. The molecule has 3 heterocycles. The summed E-state index contributed by atoms with van der Waals surface area (Å²) in [5.41, 5.74) is 0. The lowest BCUT2D eigenvalue weighted by Gasteiger charge is -2.48. The molecule has 3 rings (SSSR count). The van der Waals surface area contributed by atoms with E-state index in [9.17, 15) is 14.4 Å². The largest absolute Gasteiger partial charge is 0.459 e. The summed E-state index contributed by atoms with van der Waals surface area (Å²) in [5, 5.41) is 0. The van der Waals surface area contributed by atoms with Gasteiger partial charge in [-0.1, -0.05) is 0 Å². The molecular formula is C16H21N3O5. The molecular weight excluding hydrogens is 314 g/mol. The second-order valence-corrected chi connectivity index (χ2v) is 5.98. The summed E-state index contributed by atoms with van der Waals surface area (Å²) < 4.78 is 10.2. The van der Waals surface area contributed by atoms with Gasteiger partial charge >= 0.3 is 0 Å². The van der Waals surface area contributed by atoms with Crippen LogP contribution in [-0.4, -0.2) is 84.4 Å². The molecule has 1 aromatic heterocycles. The van der Waals surface area contributed by atoms with Crippen LogP contribution in [0.3, 0.4) is 0 Å². The summed E-state index contributed by atoms with van der Waals surface area (Å²) in [4.78, 5) is 42.6. The Bertz CT molecular complexity index is 630. The van der Waals surface area contributed by atoms with Crippen molar-refractivity contribution in [3.05, 3.63) is 24.2 Å². The van der Waals surface area contributed by atoms with E-state index in [1.807, 2.05) is 0 Å². The number of fused-ring (bicyclic) bond motifs is 1. The number of methoxy groups -OCH3 is 1. The Hall–Kier alpha value is -2.35. The van der Waals surface area contributed by atoms with Gasteiger partial charge in [-0.3, -0.25) is 14.4 Å². The average molecular weight is 335 g/mol. The van der Waals surface area contributed by atoms with E-state index >= 15 is 0 Å². The van der Waals surface area contributed by atoms with Crippen LogP contribution in [0, 0.1) is 0 Å². The summed E-state index contributed by atoms with van der Waals surface area (Å²) in [5.74, 6) is -0.549. The average Bonchev–Trinajstić information content (AvgIpc) is 3.11. The molecule has 8 nitrogen and oxygen atoms in total. The van der Waals surface area contributed by atoms with Gasteiger partial charge in [-0.15, -0.1) is 0 Å². The van der Waals surface area contributed by atoms with Gasteiger partial charge in [0, 0.05) is 26.7 Å². The smallest absolute Gasteiger partial charge is 0.290 e. The molecule has 0 bridgehead atoms. The molecule has 0 spiro atoms. The minimum absolute atomic E-state index is 0.143. The normalized spacial score (nSPS) is 24.3. The van der Waals surface area contributed by atoms with Crippen molar-refractivity contribution in [3.63, 3.8) is 0 Å². The van der Waals surface area contributed by atoms with Crippen molar-refractivity contribution in [1.29, 1.82) is 0 Å². The van der Waals surface area contributed by atoms with Gasteiger partial charge in [-0.25, -0.2) is 0 Å². The SMILES string of the molecule is COCCN1CCN2C(=O)[C@H](C)N(C(=O)c3ccco3)C[C@H]2C1=O. The molecule has 2 saturated heterocycles. The van der Waals surface area contributed by atoms with Crippen LogP contribution in [0.15, 0.2) is 22.8 Å². The van der Waals surface area contributed by atoms with Gasteiger partial charge < -0.3 is 23.9 Å².